The number of carbonyl (C=O) groups excluding carboxylic acids is 1. The normalized spacial score (nSPS) is 12.2. The van der Waals surface area contributed by atoms with Crippen molar-refractivity contribution >= 4 is 11.9 Å². The van der Waals surface area contributed by atoms with E-state index in [2.05, 4.69) is 27.9 Å². The van der Waals surface area contributed by atoms with Crippen LogP contribution in [0.4, 0.5) is 0 Å². The van der Waals surface area contributed by atoms with E-state index in [0.717, 1.165) is 35.8 Å². The van der Waals surface area contributed by atoms with Crippen molar-refractivity contribution in [1.29, 1.82) is 0 Å². The van der Waals surface area contributed by atoms with Gasteiger partial charge in [-0.05, 0) is 44.0 Å². The number of nitrogens with zero attached hydrogens (tertiary/aromatic N) is 1. The second-order valence-electron chi connectivity index (χ2n) is 6.84. The standard InChI is InChI=1S/C23H32N4O2/c1-5-17(3)27-22(28)19-13-11-18(12-14-19)15-25-23(24-6-2)26-16-20-9-7-8-10-21(20)29-4/h7-14,17H,5-6,15-16H2,1-4H3,(H,27,28)(H2,24,25,26). The highest BCUT2D eigenvalue weighted by molar-refractivity contribution is 5.94. The molecule has 0 aromatic heterocycles. The summed E-state index contributed by atoms with van der Waals surface area (Å²) in [5.74, 6) is 1.54. The lowest BCUT2D eigenvalue weighted by Gasteiger charge is -2.13. The van der Waals surface area contributed by atoms with E-state index in [1.165, 1.54) is 0 Å². The van der Waals surface area contributed by atoms with Crippen molar-refractivity contribution in [3.63, 3.8) is 0 Å². The van der Waals surface area contributed by atoms with Crippen molar-refractivity contribution in [1.82, 2.24) is 16.0 Å². The molecular weight excluding hydrogens is 364 g/mol. The van der Waals surface area contributed by atoms with Gasteiger partial charge in [0.05, 0.1) is 13.7 Å². The molecule has 2 aromatic carbocycles. The van der Waals surface area contributed by atoms with E-state index in [4.69, 9.17) is 4.74 Å². The van der Waals surface area contributed by atoms with Crippen LogP contribution in [0.25, 0.3) is 0 Å². The largest absolute Gasteiger partial charge is 0.496 e. The Morgan fingerprint density at radius 2 is 1.79 bits per heavy atom. The van der Waals surface area contributed by atoms with Gasteiger partial charge >= 0.3 is 0 Å². The molecule has 3 N–H and O–H groups in total. The van der Waals surface area contributed by atoms with Crippen LogP contribution in [0.15, 0.2) is 53.5 Å². The molecule has 29 heavy (non-hydrogen) atoms. The van der Waals surface area contributed by atoms with E-state index >= 15 is 0 Å². The van der Waals surface area contributed by atoms with E-state index < -0.39 is 0 Å². The van der Waals surface area contributed by atoms with Crippen LogP contribution in [-0.4, -0.2) is 31.6 Å². The van der Waals surface area contributed by atoms with Crippen molar-refractivity contribution in [2.24, 2.45) is 4.99 Å². The maximum atomic E-state index is 12.2. The number of hydrogen-bond donors (Lipinski definition) is 3. The molecule has 0 spiro atoms. The van der Waals surface area contributed by atoms with Crippen molar-refractivity contribution in [3.05, 3.63) is 65.2 Å². The Kier molecular flexibility index (Phi) is 9.02. The molecule has 156 valence electrons. The molecule has 0 aliphatic carbocycles. The number of rotatable bonds is 9. The van der Waals surface area contributed by atoms with Crippen LogP contribution in [-0.2, 0) is 13.1 Å². The third-order valence-electron chi connectivity index (χ3n) is 4.61. The first-order valence-electron chi connectivity index (χ1n) is 10.1. The molecule has 0 saturated carbocycles. The van der Waals surface area contributed by atoms with Crippen LogP contribution in [0.1, 0.15) is 48.7 Å². The van der Waals surface area contributed by atoms with E-state index in [1.54, 1.807) is 7.11 Å². The SMILES string of the molecule is CCNC(=NCc1ccc(C(=O)NC(C)CC)cc1)NCc1ccccc1OC. The van der Waals surface area contributed by atoms with Gasteiger partial charge in [-0.15, -0.1) is 0 Å². The summed E-state index contributed by atoms with van der Waals surface area (Å²) < 4.78 is 5.40. The second kappa shape index (κ2) is 11.7. The fourth-order valence-corrected chi connectivity index (χ4v) is 2.71. The van der Waals surface area contributed by atoms with Crippen LogP contribution >= 0.6 is 0 Å². The van der Waals surface area contributed by atoms with Crippen LogP contribution in [0.5, 0.6) is 5.75 Å². The number of hydrogen-bond acceptors (Lipinski definition) is 3. The van der Waals surface area contributed by atoms with Crippen LogP contribution in [0.3, 0.4) is 0 Å². The number of benzene rings is 2. The molecule has 1 unspecified atom stereocenters. The van der Waals surface area contributed by atoms with Crippen LogP contribution in [0, 0.1) is 0 Å². The summed E-state index contributed by atoms with van der Waals surface area (Å²) in [5.41, 5.74) is 2.77. The Morgan fingerprint density at radius 3 is 2.45 bits per heavy atom. The summed E-state index contributed by atoms with van der Waals surface area (Å²) >= 11 is 0. The molecule has 6 heteroatoms. The zero-order valence-corrected chi connectivity index (χ0v) is 17.8. The average Bonchev–Trinajstić information content (AvgIpc) is 2.76. The summed E-state index contributed by atoms with van der Waals surface area (Å²) in [6.45, 7) is 7.99. The molecule has 2 rings (SSSR count). The average molecular weight is 397 g/mol. The Labute approximate surface area is 173 Å². The number of methoxy groups -OCH3 is 1. The molecule has 1 atom stereocenters. The molecule has 0 saturated heterocycles. The predicted octanol–water partition coefficient (Wildman–Crippen LogP) is 3.48. The fourth-order valence-electron chi connectivity index (χ4n) is 2.71. The van der Waals surface area contributed by atoms with Gasteiger partial charge in [0.2, 0.25) is 0 Å². The first-order chi connectivity index (χ1) is 14.1. The highest BCUT2D eigenvalue weighted by atomic mass is 16.5. The van der Waals surface area contributed by atoms with Gasteiger partial charge in [0.1, 0.15) is 5.75 Å². The minimum atomic E-state index is -0.0405. The molecular formula is C23H32N4O2. The fraction of sp³-hybridized carbons (Fsp3) is 0.391. The van der Waals surface area contributed by atoms with Crippen LogP contribution < -0.4 is 20.7 Å². The minimum absolute atomic E-state index is 0.0405. The molecule has 0 aliphatic heterocycles. The number of ether oxygens (including phenoxy) is 1. The molecule has 2 aromatic rings. The second-order valence-corrected chi connectivity index (χ2v) is 6.84. The van der Waals surface area contributed by atoms with Gasteiger partial charge in [0, 0.05) is 30.3 Å². The van der Waals surface area contributed by atoms with E-state index in [-0.39, 0.29) is 11.9 Å². The first-order valence-corrected chi connectivity index (χ1v) is 10.1. The summed E-state index contributed by atoms with van der Waals surface area (Å²) in [6, 6.07) is 15.7. The van der Waals surface area contributed by atoms with E-state index in [0.29, 0.717) is 18.7 Å². The van der Waals surface area contributed by atoms with Gasteiger partial charge in [-0.2, -0.15) is 0 Å². The number of aliphatic imine (C=N–C) groups is 1. The molecule has 0 aliphatic rings. The molecule has 0 radical (unpaired) electrons. The van der Waals surface area contributed by atoms with Crippen molar-refractivity contribution in [3.8, 4) is 5.75 Å². The van der Waals surface area contributed by atoms with Gasteiger partial charge in [-0.1, -0.05) is 37.3 Å². The van der Waals surface area contributed by atoms with Crippen molar-refractivity contribution < 1.29 is 9.53 Å². The van der Waals surface area contributed by atoms with Gasteiger partial charge in [-0.25, -0.2) is 4.99 Å². The topological polar surface area (TPSA) is 74.8 Å². The highest BCUT2D eigenvalue weighted by Crippen LogP contribution is 2.16. The molecule has 1 amide bonds. The zero-order valence-electron chi connectivity index (χ0n) is 17.8. The Balaban J connectivity index is 1.98. The maximum Gasteiger partial charge on any atom is 0.251 e. The monoisotopic (exact) mass is 396 g/mol. The first kappa shape index (κ1) is 22.3. The summed E-state index contributed by atoms with van der Waals surface area (Å²) in [5, 5.41) is 9.56. The Hall–Kier alpha value is -3.02. The molecule has 0 heterocycles. The molecule has 6 nitrogen and oxygen atoms in total. The highest BCUT2D eigenvalue weighted by Gasteiger charge is 2.08. The third-order valence-corrected chi connectivity index (χ3v) is 4.61. The Bertz CT molecular complexity index is 803. The zero-order chi connectivity index (χ0) is 21.1. The number of nitrogens with one attached hydrogen (secondary N) is 3. The van der Waals surface area contributed by atoms with Crippen molar-refractivity contribution in [2.45, 2.75) is 46.3 Å². The number of carbonyl (C=O) groups is 1. The lowest BCUT2D eigenvalue weighted by Crippen LogP contribution is -2.36. The van der Waals surface area contributed by atoms with Gasteiger partial charge in [-0.3, -0.25) is 4.79 Å². The number of amides is 1. The Morgan fingerprint density at radius 1 is 1.07 bits per heavy atom. The quantitative estimate of drug-likeness (QED) is 0.448. The van der Waals surface area contributed by atoms with Crippen molar-refractivity contribution in [2.75, 3.05) is 13.7 Å². The summed E-state index contributed by atoms with van der Waals surface area (Å²) in [4.78, 5) is 16.8. The van der Waals surface area contributed by atoms with Crippen LogP contribution in [0.2, 0.25) is 0 Å². The van der Waals surface area contributed by atoms with Gasteiger partial charge in [0.25, 0.3) is 5.91 Å². The summed E-state index contributed by atoms with van der Waals surface area (Å²) in [6.07, 6.45) is 0.910. The lowest BCUT2D eigenvalue weighted by atomic mass is 10.1. The summed E-state index contributed by atoms with van der Waals surface area (Å²) in [7, 11) is 1.67. The minimum Gasteiger partial charge on any atom is -0.496 e. The maximum absolute atomic E-state index is 12.2. The van der Waals surface area contributed by atoms with E-state index in [1.807, 2.05) is 62.4 Å². The molecule has 0 bridgehead atoms. The number of guanidine groups is 1. The van der Waals surface area contributed by atoms with E-state index in [9.17, 15) is 4.79 Å². The smallest absolute Gasteiger partial charge is 0.251 e. The number of para-hydroxylation sites is 1. The third kappa shape index (κ3) is 7.14. The van der Waals surface area contributed by atoms with Gasteiger partial charge in [0.15, 0.2) is 5.96 Å². The van der Waals surface area contributed by atoms with Gasteiger partial charge < -0.3 is 20.7 Å². The molecule has 0 fully saturated rings. The predicted molar refractivity (Wildman–Crippen MR) is 118 cm³/mol. The lowest BCUT2D eigenvalue weighted by molar-refractivity contribution is 0.0939.